The van der Waals surface area contributed by atoms with Crippen molar-refractivity contribution in [2.75, 3.05) is 5.32 Å². The third-order valence-electron chi connectivity index (χ3n) is 2.53. The summed E-state index contributed by atoms with van der Waals surface area (Å²) in [6.07, 6.45) is 0. The van der Waals surface area contributed by atoms with Crippen molar-refractivity contribution in [1.29, 1.82) is 0 Å². The number of nitro benzene ring substituents is 1. The Morgan fingerprint density at radius 2 is 1.85 bits per heavy atom. The van der Waals surface area contributed by atoms with Crippen LogP contribution in [0, 0.1) is 15.9 Å². The lowest BCUT2D eigenvalue weighted by Crippen LogP contribution is -2.13. The Kier molecular flexibility index (Phi) is 3.60. The summed E-state index contributed by atoms with van der Waals surface area (Å²) < 4.78 is 12.7. The molecule has 0 spiro atoms. The van der Waals surface area contributed by atoms with Crippen LogP contribution in [0.4, 0.5) is 15.8 Å². The van der Waals surface area contributed by atoms with Crippen LogP contribution in [0.25, 0.3) is 0 Å². The van der Waals surface area contributed by atoms with Crippen LogP contribution in [0.5, 0.6) is 5.75 Å². The summed E-state index contributed by atoms with van der Waals surface area (Å²) in [4.78, 5) is 22.0. The number of rotatable bonds is 3. The first-order valence-corrected chi connectivity index (χ1v) is 5.51. The number of carbonyl (C=O) groups excluding carboxylic acids is 1. The maximum Gasteiger partial charge on any atom is 0.296 e. The predicted molar refractivity (Wildman–Crippen MR) is 69.1 cm³/mol. The van der Waals surface area contributed by atoms with Gasteiger partial charge in [-0.1, -0.05) is 0 Å². The fraction of sp³-hybridized carbons (Fsp3) is 0. The molecular weight excluding hydrogens is 267 g/mol. The van der Waals surface area contributed by atoms with Crippen molar-refractivity contribution in [2.24, 2.45) is 0 Å². The predicted octanol–water partition coefficient (Wildman–Crippen LogP) is 2.69. The molecule has 0 saturated heterocycles. The first-order chi connectivity index (χ1) is 9.47. The number of nitro groups is 1. The van der Waals surface area contributed by atoms with Crippen molar-refractivity contribution >= 4 is 17.3 Å². The Morgan fingerprint density at radius 1 is 1.20 bits per heavy atom. The smallest absolute Gasteiger partial charge is 0.296 e. The third-order valence-corrected chi connectivity index (χ3v) is 2.53. The lowest BCUT2D eigenvalue weighted by molar-refractivity contribution is -0.384. The Hall–Kier alpha value is -2.96. The number of phenols is 1. The van der Waals surface area contributed by atoms with Crippen LogP contribution in [0.3, 0.4) is 0 Å². The van der Waals surface area contributed by atoms with E-state index in [-0.39, 0.29) is 17.0 Å². The Labute approximate surface area is 112 Å². The minimum atomic E-state index is -0.722. The highest BCUT2D eigenvalue weighted by atomic mass is 19.1. The third kappa shape index (κ3) is 2.89. The summed E-state index contributed by atoms with van der Waals surface area (Å²) >= 11 is 0. The van der Waals surface area contributed by atoms with E-state index in [1.165, 1.54) is 24.3 Å². The van der Waals surface area contributed by atoms with E-state index in [1.54, 1.807) is 0 Å². The first kappa shape index (κ1) is 13.5. The van der Waals surface area contributed by atoms with Crippen molar-refractivity contribution in [2.45, 2.75) is 0 Å². The number of anilines is 1. The topological polar surface area (TPSA) is 92.5 Å². The molecule has 2 N–H and O–H groups in total. The summed E-state index contributed by atoms with van der Waals surface area (Å²) in [5.74, 6) is -1.38. The number of nitrogens with one attached hydrogen (secondary N) is 1. The number of phenolic OH excluding ortho intramolecular Hbond substituents is 1. The Morgan fingerprint density at radius 3 is 2.45 bits per heavy atom. The summed E-state index contributed by atoms with van der Waals surface area (Å²) in [7, 11) is 0. The van der Waals surface area contributed by atoms with E-state index < -0.39 is 22.3 Å². The number of aromatic hydroxyl groups is 1. The zero-order chi connectivity index (χ0) is 14.7. The van der Waals surface area contributed by atoms with Gasteiger partial charge in [0.25, 0.3) is 11.6 Å². The molecule has 0 saturated carbocycles. The number of hydrogen-bond donors (Lipinski definition) is 2. The molecule has 0 radical (unpaired) electrons. The summed E-state index contributed by atoms with van der Waals surface area (Å²) in [5.41, 5.74) is -0.323. The van der Waals surface area contributed by atoms with E-state index in [1.807, 2.05) is 0 Å². The van der Waals surface area contributed by atoms with E-state index in [0.717, 1.165) is 18.2 Å². The normalized spacial score (nSPS) is 10.1. The maximum absolute atomic E-state index is 12.7. The lowest BCUT2D eigenvalue weighted by Gasteiger charge is -2.06. The second-order valence-corrected chi connectivity index (χ2v) is 3.92. The van der Waals surface area contributed by atoms with Gasteiger partial charge >= 0.3 is 0 Å². The van der Waals surface area contributed by atoms with Crippen LogP contribution in [0.1, 0.15) is 10.4 Å². The molecule has 7 heteroatoms. The van der Waals surface area contributed by atoms with E-state index in [4.69, 9.17) is 0 Å². The molecule has 0 fully saturated rings. The zero-order valence-electron chi connectivity index (χ0n) is 10.0. The van der Waals surface area contributed by atoms with Gasteiger partial charge in [-0.2, -0.15) is 0 Å². The van der Waals surface area contributed by atoms with Crippen molar-refractivity contribution in [1.82, 2.24) is 0 Å². The number of amides is 1. The number of benzene rings is 2. The molecule has 0 unspecified atom stereocenters. The highest BCUT2D eigenvalue weighted by molar-refractivity contribution is 6.05. The van der Waals surface area contributed by atoms with Gasteiger partial charge in [-0.15, -0.1) is 0 Å². The van der Waals surface area contributed by atoms with Gasteiger partial charge in [0.05, 0.1) is 11.0 Å². The quantitative estimate of drug-likeness (QED) is 0.512. The van der Waals surface area contributed by atoms with Crippen LogP contribution < -0.4 is 5.32 Å². The molecule has 0 heterocycles. The summed E-state index contributed by atoms with van der Waals surface area (Å²) in [5, 5.41) is 22.4. The molecule has 0 aliphatic heterocycles. The van der Waals surface area contributed by atoms with Crippen molar-refractivity contribution in [3.8, 4) is 5.75 Å². The van der Waals surface area contributed by atoms with Crippen LogP contribution in [-0.2, 0) is 0 Å². The number of carbonyl (C=O) groups is 1. The molecule has 6 nitrogen and oxygen atoms in total. The Balaban J connectivity index is 2.28. The van der Waals surface area contributed by atoms with Gasteiger partial charge in [0.2, 0.25) is 0 Å². The molecule has 1 amide bonds. The van der Waals surface area contributed by atoms with Crippen molar-refractivity contribution in [3.05, 3.63) is 64.0 Å². The first-order valence-electron chi connectivity index (χ1n) is 5.51. The molecular formula is C13H9FN2O4. The van der Waals surface area contributed by atoms with Gasteiger partial charge < -0.3 is 10.4 Å². The van der Waals surface area contributed by atoms with Crippen LogP contribution in [0.2, 0.25) is 0 Å². The second kappa shape index (κ2) is 5.35. The molecule has 20 heavy (non-hydrogen) atoms. The monoisotopic (exact) mass is 276 g/mol. The molecule has 0 aliphatic carbocycles. The molecule has 0 bridgehead atoms. The molecule has 2 rings (SSSR count). The largest absolute Gasteiger partial charge is 0.508 e. The molecule has 2 aromatic rings. The van der Waals surface area contributed by atoms with Gasteiger partial charge in [0.15, 0.2) is 0 Å². The van der Waals surface area contributed by atoms with Crippen LogP contribution >= 0.6 is 0 Å². The van der Waals surface area contributed by atoms with E-state index in [9.17, 15) is 24.4 Å². The van der Waals surface area contributed by atoms with Gasteiger partial charge in [0, 0.05) is 5.56 Å². The minimum Gasteiger partial charge on any atom is -0.508 e. The average molecular weight is 276 g/mol. The molecule has 0 aromatic heterocycles. The number of hydrogen-bond acceptors (Lipinski definition) is 4. The summed E-state index contributed by atoms with van der Waals surface area (Å²) in [6, 6.07) is 8.11. The lowest BCUT2D eigenvalue weighted by atomic mass is 10.2. The fourth-order valence-electron chi connectivity index (χ4n) is 1.57. The van der Waals surface area contributed by atoms with Gasteiger partial charge in [-0.3, -0.25) is 14.9 Å². The maximum atomic E-state index is 12.7. The van der Waals surface area contributed by atoms with Crippen LogP contribution in [-0.4, -0.2) is 15.9 Å². The molecule has 0 aliphatic rings. The van der Waals surface area contributed by atoms with E-state index >= 15 is 0 Å². The van der Waals surface area contributed by atoms with Gasteiger partial charge in [-0.05, 0) is 36.4 Å². The highest BCUT2D eigenvalue weighted by Gasteiger charge is 2.17. The summed E-state index contributed by atoms with van der Waals surface area (Å²) in [6.45, 7) is 0. The van der Waals surface area contributed by atoms with E-state index in [0.29, 0.717) is 0 Å². The Bertz CT molecular complexity index is 671. The number of halogens is 1. The average Bonchev–Trinajstić information content (AvgIpc) is 2.41. The van der Waals surface area contributed by atoms with Crippen LogP contribution in [0.15, 0.2) is 42.5 Å². The standard InChI is InChI=1S/C13H9FN2O4/c14-9-3-1-8(2-4-9)13(18)15-11-6-5-10(17)7-12(11)16(19)20/h1-7,17H,(H,15,18). The minimum absolute atomic E-state index is 0.0536. The molecule has 0 atom stereocenters. The van der Waals surface area contributed by atoms with Crippen molar-refractivity contribution in [3.63, 3.8) is 0 Å². The zero-order valence-corrected chi connectivity index (χ0v) is 10.0. The fourth-order valence-corrected chi connectivity index (χ4v) is 1.57. The molecule has 2 aromatic carbocycles. The molecule has 102 valence electrons. The van der Waals surface area contributed by atoms with Gasteiger partial charge in [-0.25, -0.2) is 4.39 Å². The van der Waals surface area contributed by atoms with E-state index in [2.05, 4.69) is 5.32 Å². The number of nitrogens with zero attached hydrogens (tertiary/aromatic N) is 1. The van der Waals surface area contributed by atoms with Gasteiger partial charge in [0.1, 0.15) is 17.3 Å². The van der Waals surface area contributed by atoms with Crippen molar-refractivity contribution < 1.29 is 19.2 Å². The second-order valence-electron chi connectivity index (χ2n) is 3.92. The highest BCUT2D eigenvalue weighted by Crippen LogP contribution is 2.28. The SMILES string of the molecule is O=C(Nc1ccc(O)cc1[N+](=O)[O-])c1ccc(F)cc1.